The SMILES string of the molecule is C[S@](=O)c1ccc(NC2CCN(CCC(F)(F)F)CC2)cc1. The fourth-order valence-corrected chi connectivity index (χ4v) is 3.08. The molecule has 124 valence electrons. The molecule has 1 aromatic carbocycles. The molecule has 1 saturated heterocycles. The molecule has 0 bridgehead atoms. The minimum absolute atomic E-state index is 0.0905. The van der Waals surface area contributed by atoms with E-state index in [2.05, 4.69) is 5.32 Å². The Bertz CT molecular complexity index is 497. The summed E-state index contributed by atoms with van der Waals surface area (Å²) in [6.07, 6.45) is -1.51. The summed E-state index contributed by atoms with van der Waals surface area (Å²) in [4.78, 5) is 2.65. The molecule has 22 heavy (non-hydrogen) atoms. The molecule has 0 radical (unpaired) electrons. The van der Waals surface area contributed by atoms with Crippen LogP contribution in [-0.2, 0) is 10.8 Å². The number of alkyl halides is 3. The van der Waals surface area contributed by atoms with Crippen LogP contribution in [0.15, 0.2) is 29.2 Å². The van der Waals surface area contributed by atoms with E-state index in [0.717, 1.165) is 23.4 Å². The first-order valence-corrected chi connectivity index (χ1v) is 8.88. The average Bonchev–Trinajstić information content (AvgIpc) is 2.46. The minimum Gasteiger partial charge on any atom is -0.382 e. The third kappa shape index (κ3) is 5.61. The highest BCUT2D eigenvalue weighted by Gasteiger charge is 2.29. The van der Waals surface area contributed by atoms with Crippen molar-refractivity contribution in [2.24, 2.45) is 0 Å². The molecule has 0 amide bonds. The molecule has 0 saturated carbocycles. The first kappa shape index (κ1) is 17.3. The Morgan fingerprint density at radius 2 is 1.82 bits per heavy atom. The molecule has 1 N–H and O–H groups in total. The van der Waals surface area contributed by atoms with Gasteiger partial charge in [-0.1, -0.05) is 0 Å². The lowest BCUT2D eigenvalue weighted by atomic mass is 10.0. The molecule has 0 unspecified atom stereocenters. The van der Waals surface area contributed by atoms with Crippen LogP contribution in [-0.4, -0.2) is 47.2 Å². The van der Waals surface area contributed by atoms with Crippen LogP contribution in [0, 0.1) is 0 Å². The van der Waals surface area contributed by atoms with Crippen LogP contribution in [0.4, 0.5) is 18.9 Å². The Labute approximate surface area is 131 Å². The molecule has 0 spiro atoms. The van der Waals surface area contributed by atoms with Crippen molar-refractivity contribution in [3.8, 4) is 0 Å². The third-order valence-electron chi connectivity index (χ3n) is 3.86. The van der Waals surface area contributed by atoms with E-state index in [1.807, 2.05) is 29.2 Å². The summed E-state index contributed by atoms with van der Waals surface area (Å²) in [5.41, 5.74) is 0.961. The fourth-order valence-electron chi connectivity index (χ4n) is 2.56. The predicted molar refractivity (Wildman–Crippen MR) is 82.5 cm³/mol. The Morgan fingerprint density at radius 1 is 1.23 bits per heavy atom. The van der Waals surface area contributed by atoms with Crippen LogP contribution in [0.5, 0.6) is 0 Å². The van der Waals surface area contributed by atoms with E-state index in [-0.39, 0.29) is 12.6 Å². The van der Waals surface area contributed by atoms with E-state index < -0.39 is 23.4 Å². The Hall–Kier alpha value is -1.08. The number of halogens is 3. The number of likely N-dealkylation sites (tertiary alicyclic amines) is 1. The van der Waals surface area contributed by atoms with Gasteiger partial charge in [-0.25, -0.2) is 0 Å². The van der Waals surface area contributed by atoms with Crippen molar-refractivity contribution >= 4 is 16.5 Å². The van der Waals surface area contributed by atoms with Gasteiger partial charge in [-0.2, -0.15) is 13.2 Å². The molecule has 1 aromatic rings. The van der Waals surface area contributed by atoms with E-state index in [0.29, 0.717) is 13.1 Å². The van der Waals surface area contributed by atoms with E-state index in [1.54, 1.807) is 6.26 Å². The van der Waals surface area contributed by atoms with Gasteiger partial charge in [0.05, 0.1) is 6.42 Å². The van der Waals surface area contributed by atoms with Gasteiger partial charge in [-0.3, -0.25) is 4.21 Å². The van der Waals surface area contributed by atoms with Crippen LogP contribution in [0.1, 0.15) is 19.3 Å². The second-order valence-corrected chi connectivity index (χ2v) is 6.98. The van der Waals surface area contributed by atoms with Gasteiger partial charge in [0.2, 0.25) is 0 Å². The topological polar surface area (TPSA) is 32.3 Å². The summed E-state index contributed by atoms with van der Waals surface area (Å²) in [6.45, 7) is 1.46. The highest BCUT2D eigenvalue weighted by Crippen LogP contribution is 2.22. The van der Waals surface area contributed by atoms with E-state index in [4.69, 9.17) is 0 Å². The normalized spacial score (nSPS) is 19.1. The maximum Gasteiger partial charge on any atom is 0.390 e. The average molecular weight is 334 g/mol. The third-order valence-corrected chi connectivity index (χ3v) is 4.79. The smallest absolute Gasteiger partial charge is 0.382 e. The first-order valence-electron chi connectivity index (χ1n) is 7.32. The van der Waals surface area contributed by atoms with E-state index in [1.165, 1.54) is 0 Å². The molecular weight excluding hydrogens is 313 g/mol. The maximum absolute atomic E-state index is 12.2. The van der Waals surface area contributed by atoms with E-state index in [9.17, 15) is 17.4 Å². The number of piperidine rings is 1. The zero-order chi connectivity index (χ0) is 16.2. The number of nitrogens with one attached hydrogen (secondary N) is 1. The fraction of sp³-hybridized carbons (Fsp3) is 0.600. The van der Waals surface area contributed by atoms with Crippen LogP contribution in [0.3, 0.4) is 0 Å². The first-order chi connectivity index (χ1) is 10.3. The van der Waals surface area contributed by atoms with Gasteiger partial charge in [0.25, 0.3) is 0 Å². The van der Waals surface area contributed by atoms with Crippen LogP contribution >= 0.6 is 0 Å². The number of anilines is 1. The molecule has 0 aromatic heterocycles. The van der Waals surface area contributed by atoms with Crippen LogP contribution in [0.25, 0.3) is 0 Å². The number of hydrogen-bond acceptors (Lipinski definition) is 3. The molecule has 1 aliphatic heterocycles. The summed E-state index contributed by atoms with van der Waals surface area (Å²) in [6, 6.07) is 7.73. The minimum atomic E-state index is -4.07. The zero-order valence-electron chi connectivity index (χ0n) is 12.5. The quantitative estimate of drug-likeness (QED) is 0.897. The molecule has 1 atom stereocenters. The molecular formula is C15H21F3N2OS. The summed E-state index contributed by atoms with van der Waals surface area (Å²) < 4.78 is 47.9. The second-order valence-electron chi connectivity index (χ2n) is 5.60. The van der Waals surface area contributed by atoms with Gasteiger partial charge >= 0.3 is 6.18 Å². The Kier molecular flexibility index (Phi) is 5.86. The molecule has 1 fully saturated rings. The predicted octanol–water partition coefficient (Wildman–Crippen LogP) is 3.25. The van der Waals surface area contributed by atoms with Crippen LogP contribution in [0.2, 0.25) is 0 Å². The van der Waals surface area contributed by atoms with Crippen molar-refractivity contribution in [2.75, 3.05) is 31.2 Å². The lowest BCUT2D eigenvalue weighted by Crippen LogP contribution is -2.40. The Morgan fingerprint density at radius 3 is 2.32 bits per heavy atom. The summed E-state index contributed by atoms with van der Waals surface area (Å²) >= 11 is 0. The van der Waals surface area contributed by atoms with Gasteiger partial charge in [0.15, 0.2) is 0 Å². The molecule has 2 rings (SSSR count). The highest BCUT2D eigenvalue weighted by atomic mass is 32.2. The van der Waals surface area contributed by atoms with Gasteiger partial charge in [-0.15, -0.1) is 0 Å². The Balaban J connectivity index is 1.76. The van der Waals surface area contributed by atoms with Gasteiger partial charge < -0.3 is 10.2 Å². The standard InChI is InChI=1S/C15H21F3N2OS/c1-22(21)14-4-2-12(3-5-14)19-13-6-9-20(10-7-13)11-8-15(16,17)18/h2-5,13,19H,6-11H2,1H3/t22-/m0/s1. The molecule has 3 nitrogen and oxygen atoms in total. The molecule has 1 heterocycles. The number of rotatable bonds is 5. The number of benzene rings is 1. The molecule has 7 heteroatoms. The second kappa shape index (κ2) is 7.46. The summed E-state index contributed by atoms with van der Waals surface area (Å²) in [5.74, 6) is 0. The zero-order valence-corrected chi connectivity index (χ0v) is 13.3. The number of nitrogens with zero attached hydrogens (tertiary/aromatic N) is 1. The summed E-state index contributed by atoms with van der Waals surface area (Å²) in [7, 11) is -0.985. The molecule has 0 aliphatic carbocycles. The van der Waals surface area contributed by atoms with Crippen LogP contribution < -0.4 is 5.32 Å². The lowest BCUT2D eigenvalue weighted by Gasteiger charge is -2.33. The highest BCUT2D eigenvalue weighted by molar-refractivity contribution is 7.84. The summed E-state index contributed by atoms with van der Waals surface area (Å²) in [5, 5.41) is 3.39. The largest absolute Gasteiger partial charge is 0.390 e. The lowest BCUT2D eigenvalue weighted by molar-refractivity contribution is -0.138. The van der Waals surface area contributed by atoms with Crippen molar-refractivity contribution < 1.29 is 17.4 Å². The monoisotopic (exact) mass is 334 g/mol. The van der Waals surface area contributed by atoms with E-state index >= 15 is 0 Å². The van der Waals surface area contributed by atoms with Gasteiger partial charge in [0, 0.05) is 53.3 Å². The number of hydrogen-bond donors (Lipinski definition) is 1. The van der Waals surface area contributed by atoms with Crippen molar-refractivity contribution in [1.82, 2.24) is 4.90 Å². The van der Waals surface area contributed by atoms with Crippen molar-refractivity contribution in [1.29, 1.82) is 0 Å². The van der Waals surface area contributed by atoms with Crippen molar-refractivity contribution in [3.05, 3.63) is 24.3 Å². The van der Waals surface area contributed by atoms with Gasteiger partial charge in [0.1, 0.15) is 0 Å². The van der Waals surface area contributed by atoms with Crippen molar-refractivity contribution in [3.63, 3.8) is 0 Å². The van der Waals surface area contributed by atoms with Crippen molar-refractivity contribution in [2.45, 2.75) is 36.4 Å². The molecule has 1 aliphatic rings. The van der Waals surface area contributed by atoms with Gasteiger partial charge in [-0.05, 0) is 37.1 Å². The maximum atomic E-state index is 12.2.